The monoisotopic (exact) mass is 337 g/mol. The standard InChI is InChI=1S/C24H35N/c1-3-4-5-6-7-8-9-13-19-25(2)21-22-15-14-18-24(20-22)23-16-11-10-12-17-23/h10-12,14-18,20H,3-9,13,19,21H2,1-2H3. The van der Waals surface area contributed by atoms with Crippen molar-refractivity contribution in [2.24, 2.45) is 0 Å². The zero-order valence-electron chi connectivity index (χ0n) is 16.2. The first-order valence-electron chi connectivity index (χ1n) is 10.1. The second-order valence-corrected chi connectivity index (χ2v) is 7.28. The largest absolute Gasteiger partial charge is 0.302 e. The van der Waals surface area contributed by atoms with Crippen LogP contribution in [0.15, 0.2) is 54.6 Å². The van der Waals surface area contributed by atoms with Gasteiger partial charge in [0.1, 0.15) is 0 Å². The zero-order chi connectivity index (χ0) is 17.7. The molecule has 0 radical (unpaired) electrons. The van der Waals surface area contributed by atoms with Gasteiger partial charge in [-0.1, -0.05) is 100 Å². The van der Waals surface area contributed by atoms with E-state index in [4.69, 9.17) is 0 Å². The van der Waals surface area contributed by atoms with E-state index in [9.17, 15) is 0 Å². The molecular formula is C24H35N. The van der Waals surface area contributed by atoms with Gasteiger partial charge in [-0.3, -0.25) is 0 Å². The molecule has 0 atom stereocenters. The average molecular weight is 338 g/mol. The maximum absolute atomic E-state index is 2.46. The number of unbranched alkanes of at least 4 members (excludes halogenated alkanes) is 7. The van der Waals surface area contributed by atoms with Gasteiger partial charge in [0.25, 0.3) is 0 Å². The Morgan fingerprint density at radius 1 is 0.680 bits per heavy atom. The van der Waals surface area contributed by atoms with E-state index in [1.807, 2.05) is 0 Å². The molecule has 2 rings (SSSR count). The molecule has 0 spiro atoms. The predicted molar refractivity (Wildman–Crippen MR) is 111 cm³/mol. The van der Waals surface area contributed by atoms with Gasteiger partial charge in [0.05, 0.1) is 0 Å². The lowest BCUT2D eigenvalue weighted by Gasteiger charge is -2.17. The van der Waals surface area contributed by atoms with E-state index in [1.54, 1.807) is 0 Å². The first-order chi connectivity index (χ1) is 12.3. The maximum atomic E-state index is 2.46. The topological polar surface area (TPSA) is 3.24 Å². The average Bonchev–Trinajstić information content (AvgIpc) is 2.65. The summed E-state index contributed by atoms with van der Waals surface area (Å²) in [5.74, 6) is 0. The Morgan fingerprint density at radius 2 is 1.32 bits per heavy atom. The first-order valence-corrected chi connectivity index (χ1v) is 10.1. The summed E-state index contributed by atoms with van der Waals surface area (Å²) in [4.78, 5) is 2.46. The Kier molecular flexibility index (Phi) is 9.36. The molecule has 0 saturated heterocycles. The van der Waals surface area contributed by atoms with Crippen molar-refractivity contribution >= 4 is 0 Å². The van der Waals surface area contributed by atoms with E-state index in [0.29, 0.717) is 0 Å². The van der Waals surface area contributed by atoms with Crippen LogP contribution in [0.2, 0.25) is 0 Å². The number of nitrogens with zero attached hydrogens (tertiary/aromatic N) is 1. The third kappa shape index (κ3) is 7.88. The third-order valence-electron chi connectivity index (χ3n) is 4.88. The molecule has 0 aromatic heterocycles. The zero-order valence-corrected chi connectivity index (χ0v) is 16.2. The van der Waals surface area contributed by atoms with Gasteiger partial charge in [-0.2, -0.15) is 0 Å². The highest BCUT2D eigenvalue weighted by molar-refractivity contribution is 5.63. The number of rotatable bonds is 12. The van der Waals surface area contributed by atoms with E-state index in [2.05, 4.69) is 73.5 Å². The molecule has 2 aromatic rings. The van der Waals surface area contributed by atoms with Gasteiger partial charge in [0.15, 0.2) is 0 Å². The summed E-state index contributed by atoms with van der Waals surface area (Å²) < 4.78 is 0. The molecule has 0 aliphatic rings. The number of hydrogen-bond acceptors (Lipinski definition) is 1. The smallest absolute Gasteiger partial charge is 0.0230 e. The Bertz CT molecular complexity index is 576. The third-order valence-corrected chi connectivity index (χ3v) is 4.88. The molecule has 0 unspecified atom stereocenters. The van der Waals surface area contributed by atoms with Crippen LogP contribution in [0.25, 0.3) is 11.1 Å². The fourth-order valence-corrected chi connectivity index (χ4v) is 3.39. The summed E-state index contributed by atoms with van der Waals surface area (Å²) in [5.41, 5.74) is 4.03. The molecule has 0 N–H and O–H groups in total. The highest BCUT2D eigenvalue weighted by atomic mass is 15.1. The van der Waals surface area contributed by atoms with Gasteiger partial charge in [0.2, 0.25) is 0 Å². The molecule has 0 amide bonds. The van der Waals surface area contributed by atoms with Crippen LogP contribution in [0.4, 0.5) is 0 Å². The highest BCUT2D eigenvalue weighted by Gasteiger charge is 2.03. The second-order valence-electron chi connectivity index (χ2n) is 7.28. The van der Waals surface area contributed by atoms with Crippen molar-refractivity contribution in [2.45, 2.75) is 64.8 Å². The van der Waals surface area contributed by atoms with Crippen LogP contribution in [-0.4, -0.2) is 18.5 Å². The van der Waals surface area contributed by atoms with Crippen molar-refractivity contribution in [1.82, 2.24) is 4.90 Å². The normalized spacial score (nSPS) is 11.2. The predicted octanol–water partition coefficient (Wildman–Crippen LogP) is 6.93. The molecule has 0 aliphatic heterocycles. The molecule has 0 bridgehead atoms. The lowest BCUT2D eigenvalue weighted by molar-refractivity contribution is 0.316. The SMILES string of the molecule is CCCCCCCCCCN(C)Cc1cccc(-c2ccccc2)c1. The van der Waals surface area contributed by atoms with Crippen LogP contribution in [0.3, 0.4) is 0 Å². The van der Waals surface area contributed by atoms with Gasteiger partial charge in [0, 0.05) is 6.54 Å². The van der Waals surface area contributed by atoms with Crippen molar-refractivity contribution in [3.63, 3.8) is 0 Å². The number of benzene rings is 2. The quantitative estimate of drug-likeness (QED) is 0.380. The van der Waals surface area contributed by atoms with Gasteiger partial charge >= 0.3 is 0 Å². The van der Waals surface area contributed by atoms with Crippen LogP contribution in [0.1, 0.15) is 63.9 Å². The van der Waals surface area contributed by atoms with Crippen LogP contribution >= 0.6 is 0 Å². The van der Waals surface area contributed by atoms with Gasteiger partial charge in [-0.15, -0.1) is 0 Å². The molecule has 25 heavy (non-hydrogen) atoms. The molecule has 0 saturated carbocycles. The fraction of sp³-hybridized carbons (Fsp3) is 0.500. The van der Waals surface area contributed by atoms with Crippen LogP contribution < -0.4 is 0 Å². The Hall–Kier alpha value is -1.60. The minimum absolute atomic E-state index is 1.04. The second kappa shape index (κ2) is 11.9. The highest BCUT2D eigenvalue weighted by Crippen LogP contribution is 2.20. The molecule has 1 nitrogen and oxygen atoms in total. The summed E-state index contributed by atoms with van der Waals surface area (Å²) in [7, 11) is 2.25. The van der Waals surface area contributed by atoms with E-state index in [0.717, 1.165) is 6.54 Å². The Balaban J connectivity index is 1.68. The van der Waals surface area contributed by atoms with Crippen LogP contribution in [0, 0.1) is 0 Å². The summed E-state index contributed by atoms with van der Waals surface area (Å²) >= 11 is 0. The molecular weight excluding hydrogens is 302 g/mol. The summed E-state index contributed by atoms with van der Waals surface area (Å²) in [6, 6.07) is 19.6. The Labute approximate surface area is 155 Å². The van der Waals surface area contributed by atoms with Crippen LogP contribution in [-0.2, 0) is 6.54 Å². The van der Waals surface area contributed by atoms with Gasteiger partial charge < -0.3 is 4.90 Å². The summed E-state index contributed by atoms with van der Waals surface area (Å²) in [6.45, 7) is 4.52. The van der Waals surface area contributed by atoms with Crippen molar-refractivity contribution in [2.75, 3.05) is 13.6 Å². The van der Waals surface area contributed by atoms with E-state index >= 15 is 0 Å². The van der Waals surface area contributed by atoms with Crippen molar-refractivity contribution in [3.8, 4) is 11.1 Å². The van der Waals surface area contributed by atoms with Crippen molar-refractivity contribution in [3.05, 3.63) is 60.2 Å². The fourth-order valence-electron chi connectivity index (χ4n) is 3.39. The summed E-state index contributed by atoms with van der Waals surface area (Å²) in [5, 5.41) is 0. The van der Waals surface area contributed by atoms with Crippen molar-refractivity contribution < 1.29 is 0 Å². The van der Waals surface area contributed by atoms with Crippen LogP contribution in [0.5, 0.6) is 0 Å². The minimum Gasteiger partial charge on any atom is -0.302 e. The Morgan fingerprint density at radius 3 is 2.04 bits per heavy atom. The first kappa shape index (κ1) is 19.7. The molecule has 0 aliphatic carbocycles. The summed E-state index contributed by atoms with van der Waals surface area (Å²) in [6.07, 6.45) is 11.1. The van der Waals surface area contributed by atoms with E-state index in [-0.39, 0.29) is 0 Å². The maximum Gasteiger partial charge on any atom is 0.0230 e. The van der Waals surface area contributed by atoms with Gasteiger partial charge in [-0.05, 0) is 42.8 Å². The molecule has 1 heteroatoms. The molecule has 0 fully saturated rings. The molecule has 2 aromatic carbocycles. The lowest BCUT2D eigenvalue weighted by Crippen LogP contribution is -2.19. The van der Waals surface area contributed by atoms with E-state index < -0.39 is 0 Å². The molecule has 136 valence electrons. The minimum atomic E-state index is 1.04. The number of hydrogen-bond donors (Lipinski definition) is 0. The molecule has 0 heterocycles. The van der Waals surface area contributed by atoms with Gasteiger partial charge in [-0.25, -0.2) is 0 Å². The van der Waals surface area contributed by atoms with E-state index in [1.165, 1.54) is 74.6 Å². The lowest BCUT2D eigenvalue weighted by atomic mass is 10.0. The van der Waals surface area contributed by atoms with Crippen molar-refractivity contribution in [1.29, 1.82) is 0 Å².